The largest absolute Gasteiger partial charge is 0.504 e. The molecule has 1 aromatic heterocycles. The van der Waals surface area contributed by atoms with Gasteiger partial charge < -0.3 is 51.2 Å². The van der Waals surface area contributed by atoms with Crippen LogP contribution in [-0.2, 0) is 33.6 Å². The van der Waals surface area contributed by atoms with Crippen LogP contribution in [-0.4, -0.2) is 143 Å². The number of aromatic hydroxyl groups is 2. The molecule has 23 heteroatoms. The van der Waals surface area contributed by atoms with Crippen LogP contribution in [0.15, 0.2) is 33.9 Å². The van der Waals surface area contributed by atoms with Crippen molar-refractivity contribution in [2.24, 2.45) is 5.16 Å². The number of benzene rings is 1. The van der Waals surface area contributed by atoms with Crippen LogP contribution in [0.3, 0.4) is 0 Å². The number of carboxylic acid groups (broad SMARTS) is 3. The molecule has 4 atom stereocenters. The smallest absolute Gasteiger partial charge is 0.352 e. The molecule has 0 bridgehead atoms. The van der Waals surface area contributed by atoms with Gasteiger partial charge >= 0.3 is 17.9 Å². The Morgan fingerprint density at radius 3 is 2.40 bits per heavy atom. The van der Waals surface area contributed by atoms with Crippen molar-refractivity contribution in [1.29, 1.82) is 0 Å². The summed E-state index contributed by atoms with van der Waals surface area (Å²) in [5.74, 6) is -9.61. The van der Waals surface area contributed by atoms with Crippen molar-refractivity contribution < 1.29 is 68.4 Å². The number of nitrogens with two attached hydrogens (primary N) is 1. The van der Waals surface area contributed by atoms with Crippen LogP contribution in [0.5, 0.6) is 11.5 Å². The summed E-state index contributed by atoms with van der Waals surface area (Å²) < 4.78 is 0.347. The number of oxime groups is 1. The molecule has 294 valence electrons. The van der Waals surface area contributed by atoms with E-state index in [1.54, 1.807) is 6.92 Å². The van der Waals surface area contributed by atoms with Gasteiger partial charge in [-0.1, -0.05) is 16.8 Å². The molecule has 2 fully saturated rings. The Balaban J connectivity index is 1.31. The Bertz CT molecular complexity index is 1990. The van der Waals surface area contributed by atoms with E-state index < -0.39 is 87.8 Å². The first kappa shape index (κ1) is 40.7. The maximum Gasteiger partial charge on any atom is 0.352 e. The van der Waals surface area contributed by atoms with Crippen LogP contribution in [0.4, 0.5) is 5.13 Å². The quantitative estimate of drug-likeness (QED) is 0.0213. The van der Waals surface area contributed by atoms with Crippen molar-refractivity contribution >= 4 is 87.0 Å². The van der Waals surface area contributed by atoms with Gasteiger partial charge in [-0.05, 0) is 19.1 Å². The van der Waals surface area contributed by atoms with E-state index in [1.807, 2.05) is 0 Å². The maximum atomic E-state index is 13.6. The fourth-order valence-electron chi connectivity index (χ4n) is 6.47. The predicted octanol–water partition coefficient (Wildman–Crippen LogP) is 0.175. The summed E-state index contributed by atoms with van der Waals surface area (Å²) in [5, 5.41) is 56.5. The van der Waals surface area contributed by atoms with E-state index in [-0.39, 0.29) is 40.2 Å². The molecule has 5 rings (SSSR count). The van der Waals surface area contributed by atoms with Crippen molar-refractivity contribution in [2.75, 3.05) is 38.5 Å². The second-order valence-electron chi connectivity index (χ2n) is 12.8. The number of likely N-dealkylation sites (tertiary alicyclic amines) is 1. The first-order valence-electron chi connectivity index (χ1n) is 16.5. The van der Waals surface area contributed by atoms with Crippen molar-refractivity contribution in [1.82, 2.24) is 20.5 Å². The van der Waals surface area contributed by atoms with Crippen LogP contribution in [0, 0.1) is 0 Å². The van der Waals surface area contributed by atoms with Gasteiger partial charge in [-0.2, -0.15) is 0 Å². The second-order valence-corrected chi connectivity index (χ2v) is 15.6. The lowest BCUT2D eigenvalue weighted by Crippen LogP contribution is -2.71. The number of quaternary nitrogens is 1. The number of phenolic OH excluding ortho intramolecular Hbond substituents is 2. The molecule has 3 aliphatic heterocycles. The summed E-state index contributed by atoms with van der Waals surface area (Å²) in [4.78, 5) is 97.8. The number of aliphatic carboxylic acids is 3. The first-order chi connectivity index (χ1) is 25.9. The normalized spacial score (nSPS) is 20.9. The molecule has 3 amide bonds. The highest BCUT2D eigenvalue weighted by Crippen LogP contribution is 2.45. The lowest BCUT2D eigenvalue weighted by Gasteiger charge is -2.51. The van der Waals surface area contributed by atoms with Gasteiger partial charge in [0.1, 0.15) is 29.4 Å². The number of carbonyl (C=O) groups is 7. The number of nitrogens with zero attached hydrogens (tertiary/aromatic N) is 4. The molecule has 1 aromatic carbocycles. The van der Waals surface area contributed by atoms with E-state index in [1.165, 1.54) is 17.1 Å². The third-order valence-electron chi connectivity index (χ3n) is 9.20. The van der Waals surface area contributed by atoms with E-state index in [0.717, 1.165) is 41.2 Å². The minimum atomic E-state index is -1.96. The SMILES string of the molecule is C[C@@H]1S[C@@H]2[C@H](NC(=O)/C(=N\O[C@@H](CC(=O)O)C(=O)O)c3csc(N)n3)C(=O)N2C(C(=O)O)=C1C[N+]1(CCNC(=O)C(=O)c2cc(O)c(O)c(Cl)c2)CCCC1. The van der Waals surface area contributed by atoms with Crippen molar-refractivity contribution in [2.45, 2.75) is 49.0 Å². The number of amides is 3. The summed E-state index contributed by atoms with van der Waals surface area (Å²) in [5.41, 5.74) is 4.92. The fourth-order valence-corrected chi connectivity index (χ4v) is 8.68. The molecule has 0 saturated carbocycles. The lowest BCUT2D eigenvalue weighted by atomic mass is 9.99. The van der Waals surface area contributed by atoms with Crippen molar-refractivity contribution in [3.05, 3.63) is 45.1 Å². The van der Waals surface area contributed by atoms with Gasteiger partial charge in [-0.3, -0.25) is 28.9 Å². The number of halogens is 1. The number of hydrogen-bond acceptors (Lipinski definition) is 15. The Morgan fingerprint density at radius 1 is 1.13 bits per heavy atom. The van der Waals surface area contributed by atoms with E-state index in [9.17, 15) is 54.0 Å². The number of phenols is 2. The van der Waals surface area contributed by atoms with Gasteiger partial charge in [0.2, 0.25) is 11.9 Å². The van der Waals surface area contributed by atoms with Gasteiger partial charge in [-0.25, -0.2) is 14.6 Å². The van der Waals surface area contributed by atoms with E-state index in [2.05, 4.69) is 20.8 Å². The van der Waals surface area contributed by atoms with Crippen molar-refractivity contribution in [3.63, 3.8) is 0 Å². The molecule has 55 heavy (non-hydrogen) atoms. The van der Waals surface area contributed by atoms with E-state index in [0.29, 0.717) is 29.7 Å². The van der Waals surface area contributed by atoms with E-state index >= 15 is 0 Å². The predicted molar refractivity (Wildman–Crippen MR) is 193 cm³/mol. The Hall–Kier alpha value is -5.45. The Kier molecular flexibility index (Phi) is 12.2. The third-order valence-corrected chi connectivity index (χ3v) is 11.6. The minimum absolute atomic E-state index is 0.0111. The van der Waals surface area contributed by atoms with Crippen LogP contribution in [0.2, 0.25) is 5.02 Å². The monoisotopic (exact) mass is 824 g/mol. The molecular weight excluding hydrogens is 790 g/mol. The summed E-state index contributed by atoms with van der Waals surface area (Å²) in [6.45, 7) is 3.55. The molecule has 0 radical (unpaired) electrons. The molecule has 4 heterocycles. The number of nitrogen functional groups attached to an aromatic ring is 1. The highest BCUT2D eigenvalue weighted by Gasteiger charge is 2.57. The third kappa shape index (κ3) is 8.77. The van der Waals surface area contributed by atoms with Crippen LogP contribution in [0.25, 0.3) is 0 Å². The number of Topliss-reactive ketones (excluding diaryl/α,β-unsaturated/α-hetero) is 1. The summed E-state index contributed by atoms with van der Waals surface area (Å²) in [6.07, 6.45) is -1.34. The number of anilines is 1. The molecule has 2 aromatic rings. The standard InChI is InChI=1S/C32H34ClN7O13S2/c1-13-15(11-40(5-2-3-6-40)7-4-35-27(47)24(44)14-8-16(33)25(45)18(41)9-14)23(31(51)52)39-28(48)22(29(39)55-13)37-26(46)21(17-12-54-32(34)36-17)38-53-19(30(49)50)10-20(42)43/h8-9,12-13,19,22,29H,2-7,10-11H2,1H3,(H8-,34,35,36,37,38,41,42,43,44,45,46,47,49,50,51,52)/p+1/t13-,19-,22+,29+/m0/s1. The number of carboxylic acids is 3. The second kappa shape index (κ2) is 16.5. The molecule has 0 spiro atoms. The molecule has 0 unspecified atom stereocenters. The number of ketones is 1. The number of hydrogen-bond donors (Lipinski definition) is 8. The van der Waals surface area contributed by atoms with Gasteiger partial charge in [0, 0.05) is 34.6 Å². The van der Waals surface area contributed by atoms with Crippen LogP contribution >= 0.6 is 34.7 Å². The number of nitrogens with one attached hydrogen (secondary N) is 2. The van der Waals surface area contributed by atoms with Gasteiger partial charge in [0.05, 0.1) is 37.6 Å². The topological polar surface area (TPSA) is 308 Å². The zero-order valence-electron chi connectivity index (χ0n) is 28.8. The van der Waals surface area contributed by atoms with E-state index in [4.69, 9.17) is 27.3 Å². The molecule has 9 N–H and O–H groups in total. The Labute approximate surface area is 324 Å². The fraction of sp³-hybridized carbons (Fsp3) is 0.406. The lowest BCUT2D eigenvalue weighted by molar-refractivity contribution is -0.911. The molecule has 2 saturated heterocycles. The van der Waals surface area contributed by atoms with Crippen LogP contribution < -0.4 is 16.4 Å². The maximum absolute atomic E-state index is 13.6. The zero-order chi connectivity index (χ0) is 40.4. The summed E-state index contributed by atoms with van der Waals surface area (Å²) in [6, 6.07) is 0.716. The average Bonchev–Trinajstić information content (AvgIpc) is 3.77. The highest BCUT2D eigenvalue weighted by molar-refractivity contribution is 8.00. The summed E-state index contributed by atoms with van der Waals surface area (Å²) in [7, 11) is 0. The van der Waals surface area contributed by atoms with Gasteiger partial charge in [0.15, 0.2) is 22.3 Å². The highest BCUT2D eigenvalue weighted by atomic mass is 35.5. The van der Waals surface area contributed by atoms with Gasteiger partial charge in [-0.15, -0.1) is 23.1 Å². The number of β-lactam (4-membered cyclic amide) rings is 1. The van der Waals surface area contributed by atoms with Crippen molar-refractivity contribution in [3.8, 4) is 11.5 Å². The molecular formula is C32H35ClN7O13S2+. The number of carbonyl (C=O) groups excluding carboxylic acids is 4. The number of thiazole rings is 1. The first-order valence-corrected chi connectivity index (χ1v) is 18.7. The van der Waals surface area contributed by atoms with Crippen LogP contribution in [0.1, 0.15) is 42.2 Å². The average molecular weight is 825 g/mol. The minimum Gasteiger partial charge on any atom is -0.504 e. The number of fused-ring (bicyclic) bond motifs is 1. The number of thioether (sulfide) groups is 1. The molecule has 20 nitrogen and oxygen atoms in total. The zero-order valence-corrected chi connectivity index (χ0v) is 31.1. The van der Waals surface area contributed by atoms with Gasteiger partial charge in [0.25, 0.3) is 17.7 Å². The Morgan fingerprint density at radius 2 is 1.82 bits per heavy atom. The number of rotatable bonds is 16. The molecule has 0 aliphatic carbocycles. The molecule has 3 aliphatic rings. The number of aromatic nitrogens is 1. The summed E-state index contributed by atoms with van der Waals surface area (Å²) >= 11 is 7.96.